The maximum Gasteiger partial charge on any atom is 0.0867 e. The van der Waals surface area contributed by atoms with E-state index in [1.807, 2.05) is 26.8 Å². The van der Waals surface area contributed by atoms with Crippen molar-refractivity contribution in [3.8, 4) is 0 Å². The van der Waals surface area contributed by atoms with E-state index in [1.165, 1.54) is 0 Å². The number of rotatable bonds is 0. The van der Waals surface area contributed by atoms with E-state index in [9.17, 15) is 0 Å². The van der Waals surface area contributed by atoms with Crippen molar-refractivity contribution in [1.29, 1.82) is 5.41 Å². The summed E-state index contributed by atoms with van der Waals surface area (Å²) in [5, 5.41) is 6.44. The van der Waals surface area contributed by atoms with Gasteiger partial charge in [0, 0.05) is 0 Å². The molecule has 0 aromatic heterocycles. The van der Waals surface area contributed by atoms with Gasteiger partial charge in [-0.2, -0.15) is 0 Å². The van der Waals surface area contributed by atoms with Gasteiger partial charge in [-0.05, 0) is 20.8 Å². The van der Waals surface area contributed by atoms with Crippen LogP contribution in [0, 0.1) is 5.41 Å². The van der Waals surface area contributed by atoms with Crippen LogP contribution in [0.5, 0.6) is 0 Å². The lowest BCUT2D eigenvalue weighted by Crippen LogP contribution is -2.07. The highest BCUT2D eigenvalue weighted by Gasteiger charge is 2.03. The van der Waals surface area contributed by atoms with Crippen LogP contribution in [-0.4, -0.2) is 11.5 Å². The summed E-state index contributed by atoms with van der Waals surface area (Å²) >= 11 is 0. The van der Waals surface area contributed by atoms with Gasteiger partial charge in [0.15, 0.2) is 0 Å². The molecular weight excluding hydrogens is 100 g/mol. The lowest BCUT2D eigenvalue weighted by Gasteiger charge is -2.06. The van der Waals surface area contributed by atoms with Crippen LogP contribution < -0.4 is 0 Å². The van der Waals surface area contributed by atoms with Gasteiger partial charge in [0.1, 0.15) is 0 Å². The summed E-state index contributed by atoms with van der Waals surface area (Å²) in [6.45, 7) is 5.78. The Balaban J connectivity index is 0. The van der Waals surface area contributed by atoms with E-state index in [1.54, 1.807) is 0 Å². The van der Waals surface area contributed by atoms with E-state index in [-0.39, 0.29) is 13.0 Å². The van der Waals surface area contributed by atoms with Crippen LogP contribution in [0.15, 0.2) is 4.99 Å². The zero-order chi connectivity index (χ0) is 5.91. The number of aliphatic imine (C=N–C) groups is 1. The maximum atomic E-state index is 6.44. The van der Waals surface area contributed by atoms with Crippen molar-refractivity contribution >= 4 is 6.01 Å². The summed E-state index contributed by atoms with van der Waals surface area (Å²) in [5.41, 5.74) is -0.123. The van der Waals surface area contributed by atoms with Gasteiger partial charge >= 0.3 is 0 Å². The molecule has 0 fully saturated rings. The monoisotopic (exact) mass is 114 g/mol. The molecule has 0 atom stereocenters. The Morgan fingerprint density at radius 2 is 1.75 bits per heavy atom. The smallest absolute Gasteiger partial charge is 0.0867 e. The van der Waals surface area contributed by atoms with Crippen LogP contribution >= 0.6 is 0 Å². The van der Waals surface area contributed by atoms with Crippen molar-refractivity contribution in [3.05, 3.63) is 0 Å². The Labute approximate surface area is 51.2 Å². The highest BCUT2D eigenvalue weighted by Crippen LogP contribution is 2.02. The molecule has 1 N–H and O–H groups in total. The van der Waals surface area contributed by atoms with Crippen LogP contribution in [0.4, 0.5) is 0 Å². The lowest BCUT2D eigenvalue weighted by atomic mass is 10.1. The molecule has 0 unspecified atom stereocenters. The molecule has 48 valence electrons. The summed E-state index contributed by atoms with van der Waals surface area (Å²) < 4.78 is 0. The molecular formula is C6H14N2. The topological polar surface area (TPSA) is 36.2 Å². The summed E-state index contributed by atoms with van der Waals surface area (Å²) in [5.74, 6) is 0. The fourth-order valence-corrected chi connectivity index (χ4v) is 0.168. The summed E-state index contributed by atoms with van der Waals surface area (Å²) in [6, 6.07) is 1.98. The van der Waals surface area contributed by atoms with E-state index < -0.39 is 0 Å². The molecule has 0 saturated carbocycles. The summed E-state index contributed by atoms with van der Waals surface area (Å²) in [6.07, 6.45) is 0. The second-order valence-electron chi connectivity index (χ2n) is 2.39. The third-order valence-corrected chi connectivity index (χ3v) is 0.391. The normalized spacial score (nSPS) is 8.88. The van der Waals surface area contributed by atoms with Crippen molar-refractivity contribution < 1.29 is 0 Å². The maximum absolute atomic E-state index is 6.44. The van der Waals surface area contributed by atoms with Crippen LogP contribution in [0.3, 0.4) is 0 Å². The van der Waals surface area contributed by atoms with Gasteiger partial charge < -0.3 is 0 Å². The molecule has 2 nitrogen and oxygen atoms in total. The Kier molecular flexibility index (Phi) is 4.40. The molecule has 0 saturated heterocycles. The third kappa shape index (κ3) is 9.03. The molecule has 0 spiro atoms. The standard InChI is InChI=1S/C5H10N2.CH4/c1-5(2,3)7-4-6;/h6H,1-3H3;1H4. The Hall–Kier alpha value is -0.620. The molecule has 2 heteroatoms. The summed E-state index contributed by atoms with van der Waals surface area (Å²) in [4.78, 5) is 3.67. The van der Waals surface area contributed by atoms with Gasteiger partial charge in [-0.25, -0.2) is 10.4 Å². The molecule has 0 aliphatic heterocycles. The number of hydrogen-bond donors (Lipinski definition) is 1. The van der Waals surface area contributed by atoms with Crippen LogP contribution in [-0.2, 0) is 0 Å². The van der Waals surface area contributed by atoms with Crippen LogP contribution in [0.1, 0.15) is 28.2 Å². The van der Waals surface area contributed by atoms with Gasteiger partial charge in [0.25, 0.3) is 0 Å². The quantitative estimate of drug-likeness (QED) is 0.468. The SMILES string of the molecule is C.CC(C)(C)N=C=N. The molecule has 0 aliphatic carbocycles. The number of nitrogens with zero attached hydrogens (tertiary/aromatic N) is 1. The Bertz CT molecular complexity index is 93.6. The number of hydrogen-bond acceptors (Lipinski definition) is 2. The van der Waals surface area contributed by atoms with Gasteiger partial charge in [-0.3, -0.25) is 0 Å². The average molecular weight is 114 g/mol. The molecule has 0 rings (SSSR count). The molecule has 0 aliphatic rings. The molecule has 8 heavy (non-hydrogen) atoms. The molecule has 0 heterocycles. The predicted molar refractivity (Wildman–Crippen MR) is 36.6 cm³/mol. The predicted octanol–water partition coefficient (Wildman–Crippen LogP) is 2.17. The zero-order valence-electron chi connectivity index (χ0n) is 4.95. The Morgan fingerprint density at radius 1 is 1.38 bits per heavy atom. The molecule has 0 radical (unpaired) electrons. The zero-order valence-corrected chi connectivity index (χ0v) is 4.95. The van der Waals surface area contributed by atoms with Crippen molar-refractivity contribution in [2.75, 3.05) is 0 Å². The number of nitrogens with one attached hydrogen (secondary N) is 1. The van der Waals surface area contributed by atoms with E-state index in [0.717, 1.165) is 0 Å². The van der Waals surface area contributed by atoms with Crippen LogP contribution in [0.25, 0.3) is 0 Å². The van der Waals surface area contributed by atoms with Gasteiger partial charge in [0.2, 0.25) is 0 Å². The minimum absolute atomic E-state index is 0. The van der Waals surface area contributed by atoms with Crippen molar-refractivity contribution in [2.45, 2.75) is 33.7 Å². The fourth-order valence-electron chi connectivity index (χ4n) is 0.168. The van der Waals surface area contributed by atoms with Gasteiger partial charge in [-0.15, -0.1) is 0 Å². The fraction of sp³-hybridized carbons (Fsp3) is 0.833. The first-order chi connectivity index (χ1) is 3.06. The van der Waals surface area contributed by atoms with E-state index in [4.69, 9.17) is 5.41 Å². The molecule has 0 bridgehead atoms. The largest absolute Gasteiger partial charge is 0.242 e. The van der Waals surface area contributed by atoms with Crippen molar-refractivity contribution in [2.24, 2.45) is 4.99 Å². The first-order valence-electron chi connectivity index (χ1n) is 2.20. The lowest BCUT2D eigenvalue weighted by molar-refractivity contribution is 0.586. The van der Waals surface area contributed by atoms with Gasteiger partial charge in [-0.1, -0.05) is 7.43 Å². The summed E-state index contributed by atoms with van der Waals surface area (Å²) in [7, 11) is 0. The van der Waals surface area contributed by atoms with Gasteiger partial charge in [0.05, 0.1) is 11.5 Å². The highest BCUT2D eigenvalue weighted by atomic mass is 14.8. The molecule has 0 aromatic rings. The molecule has 0 amide bonds. The minimum Gasteiger partial charge on any atom is -0.242 e. The first-order valence-corrected chi connectivity index (χ1v) is 2.20. The van der Waals surface area contributed by atoms with Crippen molar-refractivity contribution in [3.63, 3.8) is 0 Å². The Morgan fingerprint density at radius 3 is 1.75 bits per heavy atom. The minimum atomic E-state index is -0.123. The van der Waals surface area contributed by atoms with Crippen LogP contribution in [0.2, 0.25) is 0 Å². The van der Waals surface area contributed by atoms with E-state index in [0.29, 0.717) is 0 Å². The van der Waals surface area contributed by atoms with E-state index in [2.05, 4.69) is 4.99 Å². The second kappa shape index (κ2) is 3.39. The van der Waals surface area contributed by atoms with E-state index >= 15 is 0 Å². The third-order valence-electron chi connectivity index (χ3n) is 0.391. The second-order valence-corrected chi connectivity index (χ2v) is 2.39. The first kappa shape index (κ1) is 10.4. The molecule has 0 aromatic carbocycles. The van der Waals surface area contributed by atoms with Crippen molar-refractivity contribution in [1.82, 2.24) is 0 Å². The highest BCUT2D eigenvalue weighted by molar-refractivity contribution is 5.36. The average Bonchev–Trinajstić information content (AvgIpc) is 1.30.